The first kappa shape index (κ1) is 14.7. The van der Waals surface area contributed by atoms with Crippen molar-refractivity contribution in [1.82, 2.24) is 9.88 Å². The molecule has 0 unspecified atom stereocenters. The lowest BCUT2D eigenvalue weighted by atomic mass is 10.2. The predicted octanol–water partition coefficient (Wildman–Crippen LogP) is 2.21. The van der Waals surface area contributed by atoms with Crippen LogP contribution in [0.2, 0.25) is 0 Å². The van der Waals surface area contributed by atoms with Crippen LogP contribution >= 0.6 is 11.3 Å². The van der Waals surface area contributed by atoms with Gasteiger partial charge in [-0.1, -0.05) is 30.3 Å². The number of hydrogen-bond donors (Lipinski definition) is 1. The first-order valence-corrected chi connectivity index (χ1v) is 8.02. The van der Waals surface area contributed by atoms with Gasteiger partial charge in [0.15, 0.2) is 0 Å². The monoisotopic (exact) mass is 315 g/mol. The van der Waals surface area contributed by atoms with Crippen LogP contribution in [0.15, 0.2) is 30.3 Å². The number of aromatic nitrogens is 1. The normalized spacial score (nSPS) is 17.7. The van der Waals surface area contributed by atoms with Crippen molar-refractivity contribution in [2.24, 2.45) is 5.73 Å². The molecule has 5 nitrogen and oxygen atoms in total. The second-order valence-electron chi connectivity index (χ2n) is 5.36. The molecule has 0 spiro atoms. The van der Waals surface area contributed by atoms with Crippen molar-refractivity contribution in [3.63, 3.8) is 0 Å². The van der Waals surface area contributed by atoms with Gasteiger partial charge in [-0.25, -0.2) is 4.98 Å². The van der Waals surface area contributed by atoms with Gasteiger partial charge in [-0.15, -0.1) is 11.3 Å². The van der Waals surface area contributed by atoms with Gasteiger partial charge in [0, 0.05) is 12.1 Å². The molecule has 114 valence electrons. The minimum atomic E-state index is -0.492. The fourth-order valence-electron chi connectivity index (χ4n) is 2.74. The zero-order valence-electron chi connectivity index (χ0n) is 12.3. The quantitative estimate of drug-likeness (QED) is 0.943. The molecule has 1 aromatic heterocycles. The minimum Gasteiger partial charge on any atom is -0.368 e. The fourth-order valence-corrected chi connectivity index (χ4v) is 3.76. The number of nitrogens with zero attached hydrogens (tertiary/aromatic N) is 2. The molecule has 1 aliphatic heterocycles. The Balaban J connectivity index is 1.91. The van der Waals surface area contributed by atoms with Crippen LogP contribution in [0, 0.1) is 6.92 Å². The van der Waals surface area contributed by atoms with Gasteiger partial charge in [-0.3, -0.25) is 9.59 Å². The lowest BCUT2D eigenvalue weighted by Gasteiger charge is -2.21. The van der Waals surface area contributed by atoms with Crippen LogP contribution in [0.3, 0.4) is 0 Å². The molecule has 0 saturated carbocycles. The van der Waals surface area contributed by atoms with Crippen LogP contribution < -0.4 is 5.73 Å². The number of likely N-dealkylation sites (tertiary alicyclic amines) is 1. The van der Waals surface area contributed by atoms with E-state index in [2.05, 4.69) is 4.98 Å². The number of rotatable bonds is 3. The first-order valence-electron chi connectivity index (χ1n) is 7.21. The average molecular weight is 315 g/mol. The first-order chi connectivity index (χ1) is 10.6. The lowest BCUT2D eigenvalue weighted by molar-refractivity contribution is -0.121. The number of carbonyl (C=O) groups excluding carboxylic acids is 2. The highest BCUT2D eigenvalue weighted by Gasteiger charge is 2.34. The van der Waals surface area contributed by atoms with E-state index in [0.717, 1.165) is 17.0 Å². The zero-order valence-corrected chi connectivity index (χ0v) is 13.1. The van der Waals surface area contributed by atoms with E-state index in [4.69, 9.17) is 5.73 Å². The van der Waals surface area contributed by atoms with Crippen molar-refractivity contribution >= 4 is 23.2 Å². The summed E-state index contributed by atoms with van der Waals surface area (Å²) in [5, 5.41) is 0.816. The summed E-state index contributed by atoms with van der Waals surface area (Å²) in [6, 6.07) is 9.27. The molecule has 3 rings (SSSR count). The van der Waals surface area contributed by atoms with E-state index in [1.807, 2.05) is 37.3 Å². The molecular weight excluding hydrogens is 298 g/mol. The topological polar surface area (TPSA) is 76.3 Å². The van der Waals surface area contributed by atoms with Crippen LogP contribution in [-0.2, 0) is 4.79 Å². The maximum Gasteiger partial charge on any atom is 0.266 e. The number of amides is 2. The summed E-state index contributed by atoms with van der Waals surface area (Å²) >= 11 is 1.37. The van der Waals surface area contributed by atoms with Crippen LogP contribution in [0.25, 0.3) is 10.6 Å². The van der Waals surface area contributed by atoms with Crippen LogP contribution in [-0.4, -0.2) is 34.3 Å². The van der Waals surface area contributed by atoms with Crippen molar-refractivity contribution in [3.8, 4) is 10.6 Å². The highest BCUT2D eigenvalue weighted by molar-refractivity contribution is 7.17. The molecule has 2 amide bonds. The molecule has 1 atom stereocenters. The van der Waals surface area contributed by atoms with Gasteiger partial charge in [0.2, 0.25) is 5.91 Å². The molecule has 0 bridgehead atoms. The van der Waals surface area contributed by atoms with Crippen molar-refractivity contribution < 1.29 is 9.59 Å². The van der Waals surface area contributed by atoms with Crippen molar-refractivity contribution in [2.45, 2.75) is 25.8 Å². The van der Waals surface area contributed by atoms with Gasteiger partial charge >= 0.3 is 0 Å². The SMILES string of the molecule is Cc1nc(-c2ccccc2)sc1C(=O)N1CCC[C@@H]1C(N)=O. The Bertz CT molecular complexity index is 711. The van der Waals surface area contributed by atoms with Gasteiger partial charge in [-0.2, -0.15) is 0 Å². The Kier molecular flexibility index (Phi) is 3.94. The third kappa shape index (κ3) is 2.62. The maximum atomic E-state index is 12.7. The van der Waals surface area contributed by atoms with Gasteiger partial charge < -0.3 is 10.6 Å². The Labute approximate surface area is 132 Å². The fraction of sp³-hybridized carbons (Fsp3) is 0.312. The highest BCUT2D eigenvalue weighted by atomic mass is 32.1. The molecule has 0 aliphatic carbocycles. The number of carbonyl (C=O) groups is 2. The summed E-state index contributed by atoms with van der Waals surface area (Å²) in [4.78, 5) is 30.9. The van der Waals surface area contributed by atoms with E-state index in [0.29, 0.717) is 23.5 Å². The minimum absolute atomic E-state index is 0.140. The van der Waals surface area contributed by atoms with Crippen LogP contribution in [0.5, 0.6) is 0 Å². The van der Waals surface area contributed by atoms with Crippen molar-refractivity contribution in [2.75, 3.05) is 6.54 Å². The second-order valence-corrected chi connectivity index (χ2v) is 6.36. The van der Waals surface area contributed by atoms with E-state index in [9.17, 15) is 9.59 Å². The Morgan fingerprint density at radius 2 is 2.05 bits per heavy atom. The largest absolute Gasteiger partial charge is 0.368 e. The maximum absolute atomic E-state index is 12.7. The van der Waals surface area contributed by atoms with Gasteiger partial charge in [0.05, 0.1) is 5.69 Å². The van der Waals surface area contributed by atoms with Crippen molar-refractivity contribution in [3.05, 3.63) is 40.9 Å². The van der Waals surface area contributed by atoms with Gasteiger partial charge in [0.1, 0.15) is 15.9 Å². The molecule has 1 aromatic carbocycles. The summed E-state index contributed by atoms with van der Waals surface area (Å²) in [7, 11) is 0. The number of thiazole rings is 1. The lowest BCUT2D eigenvalue weighted by Crippen LogP contribution is -2.43. The standard InChI is InChI=1S/C16H17N3O2S/c1-10-13(16(21)19-9-5-8-12(19)14(17)20)22-15(18-10)11-6-3-2-4-7-11/h2-4,6-7,12H,5,8-9H2,1H3,(H2,17,20)/t12-/m1/s1. The summed E-state index contributed by atoms with van der Waals surface area (Å²) in [6.07, 6.45) is 1.45. The molecule has 1 fully saturated rings. The zero-order chi connectivity index (χ0) is 15.7. The number of benzene rings is 1. The molecule has 22 heavy (non-hydrogen) atoms. The molecule has 2 N–H and O–H groups in total. The molecule has 1 saturated heterocycles. The summed E-state index contributed by atoms with van der Waals surface area (Å²) < 4.78 is 0. The van der Waals surface area contributed by atoms with E-state index < -0.39 is 11.9 Å². The van der Waals surface area contributed by atoms with Crippen LogP contribution in [0.1, 0.15) is 28.2 Å². The Morgan fingerprint density at radius 1 is 1.32 bits per heavy atom. The Morgan fingerprint density at radius 3 is 2.73 bits per heavy atom. The summed E-state index contributed by atoms with van der Waals surface area (Å²) in [5.41, 5.74) is 7.08. The second kappa shape index (κ2) is 5.88. The number of primary amides is 1. The smallest absolute Gasteiger partial charge is 0.266 e. The average Bonchev–Trinajstić information content (AvgIpc) is 3.14. The molecule has 2 aromatic rings. The predicted molar refractivity (Wildman–Crippen MR) is 85.5 cm³/mol. The van der Waals surface area contributed by atoms with Crippen molar-refractivity contribution in [1.29, 1.82) is 0 Å². The molecule has 2 heterocycles. The number of nitrogens with two attached hydrogens (primary N) is 1. The summed E-state index contributed by atoms with van der Waals surface area (Å²) in [5.74, 6) is -0.574. The highest BCUT2D eigenvalue weighted by Crippen LogP contribution is 2.30. The van der Waals surface area contributed by atoms with Crippen LogP contribution in [0.4, 0.5) is 0 Å². The van der Waals surface area contributed by atoms with E-state index in [-0.39, 0.29) is 5.91 Å². The van der Waals surface area contributed by atoms with Gasteiger partial charge in [0.25, 0.3) is 5.91 Å². The summed E-state index contributed by atoms with van der Waals surface area (Å²) in [6.45, 7) is 2.40. The van der Waals surface area contributed by atoms with E-state index >= 15 is 0 Å². The van der Waals surface area contributed by atoms with E-state index in [1.165, 1.54) is 11.3 Å². The molecular formula is C16H17N3O2S. The molecule has 0 radical (unpaired) electrons. The van der Waals surface area contributed by atoms with Gasteiger partial charge in [-0.05, 0) is 19.8 Å². The molecule has 6 heteroatoms. The van der Waals surface area contributed by atoms with E-state index in [1.54, 1.807) is 4.90 Å². The number of hydrogen-bond acceptors (Lipinski definition) is 4. The Hall–Kier alpha value is -2.21. The third-order valence-corrected chi connectivity index (χ3v) is 5.05. The third-order valence-electron chi connectivity index (χ3n) is 3.85. The number of aryl methyl sites for hydroxylation is 1. The molecule has 1 aliphatic rings.